The number of nitriles is 1. The van der Waals surface area contributed by atoms with Gasteiger partial charge in [-0.1, -0.05) is 0 Å². The quantitative estimate of drug-likeness (QED) is 0.630. The lowest BCUT2D eigenvalue weighted by molar-refractivity contribution is -0.386. The van der Waals surface area contributed by atoms with Crippen LogP contribution in [0.1, 0.15) is 11.1 Å². The molecule has 0 saturated carbocycles. The minimum Gasteiger partial charge on any atom is -0.305 e. The van der Waals surface area contributed by atoms with Crippen molar-refractivity contribution in [3.05, 3.63) is 73.9 Å². The maximum atomic E-state index is 13.2. The van der Waals surface area contributed by atoms with Crippen molar-refractivity contribution in [2.45, 2.75) is 6.54 Å². The van der Waals surface area contributed by atoms with Gasteiger partial charge < -0.3 is 4.57 Å². The van der Waals surface area contributed by atoms with Crippen LogP contribution in [0, 0.1) is 27.3 Å². The summed E-state index contributed by atoms with van der Waals surface area (Å²) in [6, 6.07) is 7.89. The van der Waals surface area contributed by atoms with Crippen LogP contribution in [0.2, 0.25) is 0 Å². The zero-order valence-corrected chi connectivity index (χ0v) is 10.1. The van der Waals surface area contributed by atoms with Crippen LogP contribution >= 0.6 is 0 Å². The van der Waals surface area contributed by atoms with E-state index in [0.717, 1.165) is 22.8 Å². The van der Waals surface area contributed by atoms with Gasteiger partial charge in [-0.15, -0.1) is 0 Å². The summed E-state index contributed by atoms with van der Waals surface area (Å²) in [5, 5.41) is 19.6. The van der Waals surface area contributed by atoms with Crippen molar-refractivity contribution in [3.8, 4) is 6.07 Å². The molecule has 0 bridgehead atoms. The van der Waals surface area contributed by atoms with Crippen LogP contribution in [-0.4, -0.2) is 9.49 Å². The van der Waals surface area contributed by atoms with E-state index in [2.05, 4.69) is 0 Å². The van der Waals surface area contributed by atoms with Crippen LogP contribution in [0.5, 0.6) is 0 Å². The number of halogens is 1. The predicted octanol–water partition coefficient (Wildman–Crippen LogP) is 1.82. The van der Waals surface area contributed by atoms with Gasteiger partial charge in [-0.2, -0.15) is 5.26 Å². The number of aromatic nitrogens is 1. The number of benzene rings is 1. The van der Waals surface area contributed by atoms with E-state index in [0.29, 0.717) is 0 Å². The molecule has 0 aliphatic rings. The fraction of sp³-hybridized carbons (Fsp3) is 0.0769. The van der Waals surface area contributed by atoms with E-state index >= 15 is 0 Å². The molecule has 0 N–H and O–H groups in total. The third-order valence-electron chi connectivity index (χ3n) is 2.73. The van der Waals surface area contributed by atoms with Gasteiger partial charge >= 0.3 is 11.2 Å². The SMILES string of the molecule is N#Cc1ccc(F)cc1Cn1cccc([N+](=O)[O-])c1=O. The molecule has 0 amide bonds. The number of nitro groups is 1. The molecule has 2 aromatic rings. The molecule has 0 atom stereocenters. The Morgan fingerprint density at radius 1 is 1.40 bits per heavy atom. The molecule has 6 nitrogen and oxygen atoms in total. The second-order valence-electron chi connectivity index (χ2n) is 4.00. The molecule has 100 valence electrons. The van der Waals surface area contributed by atoms with Crippen molar-refractivity contribution >= 4 is 5.69 Å². The molecule has 0 spiro atoms. The highest BCUT2D eigenvalue weighted by Crippen LogP contribution is 2.12. The Balaban J connectivity index is 2.49. The van der Waals surface area contributed by atoms with Crippen molar-refractivity contribution in [2.75, 3.05) is 0 Å². The van der Waals surface area contributed by atoms with Crippen molar-refractivity contribution in [2.24, 2.45) is 0 Å². The first kappa shape index (κ1) is 13.4. The molecule has 1 heterocycles. The minimum atomic E-state index is -0.800. The Bertz CT molecular complexity index is 777. The number of hydrogen-bond acceptors (Lipinski definition) is 4. The van der Waals surface area contributed by atoms with Crippen molar-refractivity contribution in [1.29, 1.82) is 5.26 Å². The highest BCUT2D eigenvalue weighted by molar-refractivity contribution is 5.38. The first-order chi connectivity index (χ1) is 9.52. The van der Waals surface area contributed by atoms with E-state index in [9.17, 15) is 19.3 Å². The van der Waals surface area contributed by atoms with Crippen molar-refractivity contribution in [1.82, 2.24) is 4.57 Å². The average molecular weight is 273 g/mol. The van der Waals surface area contributed by atoms with Crippen LogP contribution in [-0.2, 0) is 6.54 Å². The fourth-order valence-electron chi connectivity index (χ4n) is 1.77. The summed E-state index contributed by atoms with van der Waals surface area (Å²) in [5.41, 5.74) is -0.868. The molecular formula is C13H8FN3O3. The molecule has 20 heavy (non-hydrogen) atoms. The number of rotatable bonds is 3. The largest absolute Gasteiger partial charge is 0.334 e. The standard InChI is InChI=1S/C13H8FN3O3/c14-11-4-3-9(7-15)10(6-11)8-16-5-1-2-12(13(16)18)17(19)20/h1-6H,8H2. The Morgan fingerprint density at radius 2 is 2.15 bits per heavy atom. The molecular weight excluding hydrogens is 265 g/mol. The first-order valence-corrected chi connectivity index (χ1v) is 5.55. The van der Waals surface area contributed by atoms with Gasteiger partial charge in [0.15, 0.2) is 0 Å². The van der Waals surface area contributed by atoms with Crippen molar-refractivity contribution in [3.63, 3.8) is 0 Å². The van der Waals surface area contributed by atoms with Gasteiger partial charge in [-0.05, 0) is 29.8 Å². The van der Waals surface area contributed by atoms with Crippen LogP contribution in [0.15, 0.2) is 41.3 Å². The molecule has 0 radical (unpaired) electrons. The van der Waals surface area contributed by atoms with Crippen molar-refractivity contribution < 1.29 is 9.31 Å². The zero-order chi connectivity index (χ0) is 14.7. The molecule has 2 rings (SSSR count). The Morgan fingerprint density at radius 3 is 2.80 bits per heavy atom. The fourth-order valence-corrected chi connectivity index (χ4v) is 1.77. The predicted molar refractivity (Wildman–Crippen MR) is 67.6 cm³/mol. The lowest BCUT2D eigenvalue weighted by atomic mass is 10.1. The molecule has 0 saturated heterocycles. The maximum Gasteiger partial charge on any atom is 0.334 e. The molecule has 0 aliphatic heterocycles. The summed E-state index contributed by atoms with van der Waals surface area (Å²) in [4.78, 5) is 21.7. The lowest BCUT2D eigenvalue weighted by Gasteiger charge is -2.07. The molecule has 1 aromatic carbocycles. The van der Waals surface area contributed by atoms with E-state index in [1.54, 1.807) is 0 Å². The summed E-state index contributed by atoms with van der Waals surface area (Å²) in [7, 11) is 0. The summed E-state index contributed by atoms with van der Waals surface area (Å²) in [6.45, 7) is -0.110. The van der Waals surface area contributed by atoms with E-state index in [1.165, 1.54) is 18.3 Å². The Kier molecular flexibility index (Phi) is 3.57. The van der Waals surface area contributed by atoms with Gasteiger partial charge in [0, 0.05) is 12.3 Å². The van der Waals surface area contributed by atoms with E-state index in [-0.39, 0.29) is 17.7 Å². The summed E-state index contributed by atoms with van der Waals surface area (Å²) < 4.78 is 14.3. The molecule has 1 aromatic heterocycles. The van der Waals surface area contributed by atoms with Gasteiger partial charge in [0.2, 0.25) is 0 Å². The normalized spacial score (nSPS) is 10.0. The highest BCUT2D eigenvalue weighted by Gasteiger charge is 2.14. The summed E-state index contributed by atoms with van der Waals surface area (Å²) in [5.74, 6) is -0.544. The molecule has 0 unspecified atom stereocenters. The third kappa shape index (κ3) is 2.54. The molecule has 0 fully saturated rings. The second kappa shape index (κ2) is 5.32. The zero-order valence-electron chi connectivity index (χ0n) is 10.1. The first-order valence-electron chi connectivity index (χ1n) is 5.55. The third-order valence-corrected chi connectivity index (χ3v) is 2.73. The number of pyridine rings is 1. The smallest absolute Gasteiger partial charge is 0.305 e. The Labute approximate surface area is 112 Å². The Hall–Kier alpha value is -3.01. The molecule has 0 aliphatic carbocycles. The van der Waals surface area contributed by atoms with E-state index in [4.69, 9.17) is 5.26 Å². The topological polar surface area (TPSA) is 88.9 Å². The van der Waals surface area contributed by atoms with Crippen LogP contribution in [0.3, 0.4) is 0 Å². The van der Waals surface area contributed by atoms with Gasteiger partial charge in [-0.25, -0.2) is 4.39 Å². The van der Waals surface area contributed by atoms with Crippen LogP contribution in [0.25, 0.3) is 0 Å². The molecule has 7 heteroatoms. The van der Waals surface area contributed by atoms with Crippen LogP contribution < -0.4 is 5.56 Å². The number of nitrogens with zero attached hydrogens (tertiary/aromatic N) is 3. The maximum absolute atomic E-state index is 13.2. The van der Waals surface area contributed by atoms with E-state index < -0.39 is 22.0 Å². The summed E-state index contributed by atoms with van der Waals surface area (Å²) in [6.07, 6.45) is 1.35. The average Bonchev–Trinajstić information content (AvgIpc) is 2.41. The van der Waals surface area contributed by atoms with Crippen LogP contribution in [0.4, 0.5) is 10.1 Å². The highest BCUT2D eigenvalue weighted by atomic mass is 19.1. The van der Waals surface area contributed by atoms with Gasteiger partial charge in [0.1, 0.15) is 5.82 Å². The van der Waals surface area contributed by atoms with Gasteiger partial charge in [0.25, 0.3) is 0 Å². The monoisotopic (exact) mass is 273 g/mol. The minimum absolute atomic E-state index is 0.110. The van der Waals surface area contributed by atoms with Gasteiger partial charge in [-0.3, -0.25) is 14.9 Å². The lowest BCUT2D eigenvalue weighted by Crippen LogP contribution is -2.22. The van der Waals surface area contributed by atoms with E-state index in [1.807, 2.05) is 6.07 Å². The summed E-state index contributed by atoms with van der Waals surface area (Å²) >= 11 is 0. The number of hydrogen-bond donors (Lipinski definition) is 0. The van der Waals surface area contributed by atoms with Gasteiger partial charge in [0.05, 0.1) is 23.1 Å². The second-order valence-corrected chi connectivity index (χ2v) is 4.00.